The van der Waals surface area contributed by atoms with Crippen molar-refractivity contribution in [2.24, 2.45) is 0 Å². The van der Waals surface area contributed by atoms with E-state index in [1.165, 1.54) is 0 Å². The minimum absolute atomic E-state index is 0. The molecule has 2 fully saturated rings. The van der Waals surface area contributed by atoms with Crippen molar-refractivity contribution in [2.45, 2.75) is 37.9 Å². The van der Waals surface area contributed by atoms with Crippen LogP contribution in [0.1, 0.15) is 26.7 Å². The molecule has 0 aromatic carbocycles. The van der Waals surface area contributed by atoms with E-state index in [9.17, 15) is 4.79 Å². The normalized spacial score (nSPS) is 26.4. The molecule has 0 unspecified atom stereocenters. The fourth-order valence-electron chi connectivity index (χ4n) is 2.30. The van der Waals surface area contributed by atoms with E-state index in [-0.39, 0.29) is 41.9 Å². The minimum Gasteiger partial charge on any atom is -0.337 e. The Hall–Kier alpha value is -0.0300. The zero-order valence-electron chi connectivity index (χ0n) is 9.05. The van der Waals surface area contributed by atoms with Crippen LogP contribution in [0.4, 0.5) is 0 Å². The van der Waals surface area contributed by atoms with E-state index in [2.05, 4.69) is 16.0 Å². The maximum atomic E-state index is 11.8. The Morgan fingerprint density at radius 2 is 1.67 bits per heavy atom. The van der Waals surface area contributed by atoms with Crippen LogP contribution in [0.25, 0.3) is 0 Å². The van der Waals surface area contributed by atoms with Gasteiger partial charge in [-0.25, -0.2) is 0 Å². The Balaban J connectivity index is 0.000000980. The van der Waals surface area contributed by atoms with Crippen LogP contribution in [-0.4, -0.2) is 30.2 Å². The number of carbonyl (C=O) groups is 1. The number of halogens is 2. The quantitative estimate of drug-likeness (QED) is 0.588. The molecule has 4 nitrogen and oxygen atoms in total. The van der Waals surface area contributed by atoms with Crippen LogP contribution in [0.15, 0.2) is 0 Å². The van der Waals surface area contributed by atoms with Gasteiger partial charge in [-0.2, -0.15) is 0 Å². The van der Waals surface area contributed by atoms with E-state index in [0.717, 1.165) is 25.9 Å². The molecule has 2 rings (SSSR count). The highest BCUT2D eigenvalue weighted by atomic mass is 35.5. The topological polar surface area (TPSA) is 53.2 Å². The van der Waals surface area contributed by atoms with Gasteiger partial charge >= 0.3 is 0 Å². The van der Waals surface area contributed by atoms with Gasteiger partial charge in [-0.05, 0) is 39.8 Å². The second kappa shape index (κ2) is 4.87. The number of nitrogens with one attached hydrogen (secondary N) is 3. The summed E-state index contributed by atoms with van der Waals surface area (Å²) in [5.74, 6) is 0.166. The first-order chi connectivity index (χ1) is 6.04. The average Bonchev–Trinajstić information content (AvgIpc) is 2.23. The summed E-state index contributed by atoms with van der Waals surface area (Å²) in [6, 6.07) is 0. The number of amides is 1. The van der Waals surface area contributed by atoms with Gasteiger partial charge in [0.15, 0.2) is 0 Å². The third kappa shape index (κ3) is 2.75. The van der Waals surface area contributed by atoms with Gasteiger partial charge in [0.05, 0.1) is 5.66 Å². The van der Waals surface area contributed by atoms with Gasteiger partial charge in [0, 0.05) is 0 Å². The summed E-state index contributed by atoms with van der Waals surface area (Å²) in [6.07, 6.45) is 1.78. The SMILES string of the molecule is CC1(C)NC(=O)C2(CCNCC2)N1.Cl.Cl. The van der Waals surface area contributed by atoms with Gasteiger partial charge < -0.3 is 10.6 Å². The second-order valence-corrected chi connectivity index (χ2v) is 4.54. The highest BCUT2D eigenvalue weighted by Crippen LogP contribution is 2.26. The monoisotopic (exact) mass is 255 g/mol. The molecule has 15 heavy (non-hydrogen) atoms. The van der Waals surface area contributed by atoms with E-state index in [1.807, 2.05) is 13.8 Å². The fraction of sp³-hybridized carbons (Fsp3) is 0.889. The highest BCUT2D eigenvalue weighted by molar-refractivity contribution is 5.89. The molecule has 0 saturated carbocycles. The van der Waals surface area contributed by atoms with E-state index >= 15 is 0 Å². The number of hydrogen-bond acceptors (Lipinski definition) is 3. The molecule has 1 amide bonds. The van der Waals surface area contributed by atoms with Crippen molar-refractivity contribution in [3.63, 3.8) is 0 Å². The van der Waals surface area contributed by atoms with Gasteiger partial charge in [0.1, 0.15) is 5.54 Å². The van der Waals surface area contributed by atoms with Gasteiger partial charge in [-0.15, -0.1) is 24.8 Å². The van der Waals surface area contributed by atoms with Crippen molar-refractivity contribution in [3.8, 4) is 0 Å². The summed E-state index contributed by atoms with van der Waals surface area (Å²) >= 11 is 0. The molecule has 2 aliphatic rings. The minimum atomic E-state index is -0.297. The molecule has 0 aromatic heterocycles. The molecule has 90 valence electrons. The van der Waals surface area contributed by atoms with Crippen molar-refractivity contribution < 1.29 is 4.79 Å². The maximum Gasteiger partial charge on any atom is 0.241 e. The van der Waals surface area contributed by atoms with Crippen LogP contribution in [-0.2, 0) is 4.79 Å². The lowest BCUT2D eigenvalue weighted by Crippen LogP contribution is -2.55. The van der Waals surface area contributed by atoms with Gasteiger partial charge in [0.2, 0.25) is 5.91 Å². The number of piperidine rings is 1. The molecule has 1 spiro atoms. The van der Waals surface area contributed by atoms with Crippen molar-refractivity contribution in [1.82, 2.24) is 16.0 Å². The molecule has 0 atom stereocenters. The predicted octanol–water partition coefficient (Wildman–Crippen LogP) is 0.408. The van der Waals surface area contributed by atoms with Crippen LogP contribution < -0.4 is 16.0 Å². The van der Waals surface area contributed by atoms with Gasteiger partial charge in [-0.1, -0.05) is 0 Å². The van der Waals surface area contributed by atoms with Crippen LogP contribution >= 0.6 is 24.8 Å². The largest absolute Gasteiger partial charge is 0.337 e. The zero-order chi connectivity index (χ0) is 9.53. The number of carbonyl (C=O) groups excluding carboxylic acids is 1. The molecule has 0 radical (unpaired) electrons. The Morgan fingerprint density at radius 1 is 1.13 bits per heavy atom. The predicted molar refractivity (Wildman–Crippen MR) is 64.7 cm³/mol. The van der Waals surface area contributed by atoms with E-state index in [1.54, 1.807) is 0 Å². The molecule has 3 N–H and O–H groups in total. The molecule has 0 aromatic rings. The van der Waals surface area contributed by atoms with Gasteiger partial charge in [0.25, 0.3) is 0 Å². The maximum absolute atomic E-state index is 11.8. The summed E-state index contributed by atoms with van der Waals surface area (Å²) in [7, 11) is 0. The standard InChI is InChI=1S/C9H17N3O.2ClH/c1-8(2)11-7(13)9(12-8)3-5-10-6-4-9;;/h10,12H,3-6H2,1-2H3,(H,11,13);2*1H. The van der Waals surface area contributed by atoms with E-state index in [0.29, 0.717) is 0 Å². The smallest absolute Gasteiger partial charge is 0.241 e. The summed E-state index contributed by atoms with van der Waals surface area (Å²) < 4.78 is 0. The summed E-state index contributed by atoms with van der Waals surface area (Å²) in [4.78, 5) is 11.8. The zero-order valence-corrected chi connectivity index (χ0v) is 10.7. The van der Waals surface area contributed by atoms with Gasteiger partial charge in [-0.3, -0.25) is 10.1 Å². The summed E-state index contributed by atoms with van der Waals surface area (Å²) in [5.41, 5.74) is -0.539. The molecule has 2 heterocycles. The first kappa shape index (κ1) is 15.0. The fourth-order valence-corrected chi connectivity index (χ4v) is 2.30. The summed E-state index contributed by atoms with van der Waals surface area (Å²) in [5, 5.41) is 9.63. The average molecular weight is 256 g/mol. The number of hydrogen-bond donors (Lipinski definition) is 3. The molecule has 2 aliphatic heterocycles. The van der Waals surface area contributed by atoms with Crippen molar-refractivity contribution >= 4 is 30.7 Å². The third-order valence-electron chi connectivity index (χ3n) is 2.87. The highest BCUT2D eigenvalue weighted by Gasteiger charge is 2.49. The Bertz CT molecular complexity index is 240. The first-order valence-electron chi connectivity index (χ1n) is 4.87. The lowest BCUT2D eigenvalue weighted by Gasteiger charge is -2.33. The van der Waals surface area contributed by atoms with E-state index in [4.69, 9.17) is 0 Å². The Labute approximate surface area is 103 Å². The molecule has 0 bridgehead atoms. The lowest BCUT2D eigenvalue weighted by molar-refractivity contribution is -0.125. The first-order valence-corrected chi connectivity index (χ1v) is 4.87. The number of rotatable bonds is 0. The Kier molecular flexibility index (Phi) is 4.86. The lowest BCUT2D eigenvalue weighted by atomic mass is 9.88. The van der Waals surface area contributed by atoms with Crippen molar-refractivity contribution in [1.29, 1.82) is 0 Å². The van der Waals surface area contributed by atoms with Crippen LogP contribution in [0, 0.1) is 0 Å². The third-order valence-corrected chi connectivity index (χ3v) is 2.87. The summed E-state index contributed by atoms with van der Waals surface area (Å²) in [6.45, 7) is 5.86. The second-order valence-electron chi connectivity index (χ2n) is 4.54. The van der Waals surface area contributed by atoms with Crippen LogP contribution in [0.3, 0.4) is 0 Å². The van der Waals surface area contributed by atoms with E-state index < -0.39 is 0 Å². The van der Waals surface area contributed by atoms with Crippen LogP contribution in [0.2, 0.25) is 0 Å². The molecule has 6 heteroatoms. The molecule has 0 aliphatic carbocycles. The molecular weight excluding hydrogens is 237 g/mol. The van der Waals surface area contributed by atoms with Crippen molar-refractivity contribution in [3.05, 3.63) is 0 Å². The van der Waals surface area contributed by atoms with Crippen molar-refractivity contribution in [2.75, 3.05) is 13.1 Å². The molecular formula is C9H19Cl2N3O. The molecule has 2 saturated heterocycles. The van der Waals surface area contributed by atoms with Crippen LogP contribution in [0.5, 0.6) is 0 Å². The Morgan fingerprint density at radius 3 is 2.07 bits per heavy atom.